The van der Waals surface area contributed by atoms with Gasteiger partial charge in [-0.2, -0.15) is 0 Å². The molecule has 0 aliphatic heterocycles. The number of hydrogen-bond donors (Lipinski definition) is 2. The zero-order valence-corrected chi connectivity index (χ0v) is 13.2. The van der Waals surface area contributed by atoms with Crippen molar-refractivity contribution in [2.75, 3.05) is 11.6 Å². The minimum absolute atomic E-state index is 0.0334. The Kier molecular flexibility index (Phi) is 4.26. The number of carbonyl (C=O) groups is 1. The van der Waals surface area contributed by atoms with Gasteiger partial charge in [0, 0.05) is 11.8 Å². The zero-order valence-electron chi connectivity index (χ0n) is 12.4. The highest BCUT2D eigenvalue weighted by Crippen LogP contribution is 2.29. The number of nitrogens with zero attached hydrogens (tertiary/aromatic N) is 1. The molecule has 0 aliphatic rings. The minimum atomic E-state index is -3.34. The molecule has 0 saturated heterocycles. The molecule has 0 saturated carbocycles. The van der Waals surface area contributed by atoms with Crippen LogP contribution in [0.4, 0.5) is 5.69 Å². The molecule has 1 rings (SSSR count). The fourth-order valence-corrected chi connectivity index (χ4v) is 1.81. The normalized spacial score (nSPS) is 13.1. The fraction of sp³-hybridized carbons (Fsp3) is 0.538. The molecule has 1 aromatic heterocycles. The summed E-state index contributed by atoms with van der Waals surface area (Å²) < 4.78 is 22.6. The molecule has 20 heavy (non-hydrogen) atoms. The first-order valence-corrected chi connectivity index (χ1v) is 8.01. The lowest BCUT2D eigenvalue weighted by atomic mass is 9.74. The first kappa shape index (κ1) is 16.6. The molecule has 0 radical (unpaired) electrons. The maximum absolute atomic E-state index is 12.2. The quantitative estimate of drug-likeness (QED) is 0.869. The summed E-state index contributed by atoms with van der Waals surface area (Å²) in [6.07, 6.45) is 2.39. The molecule has 1 aromatic rings. The van der Waals surface area contributed by atoms with Crippen molar-refractivity contribution in [1.82, 2.24) is 4.98 Å². The van der Waals surface area contributed by atoms with E-state index in [0.717, 1.165) is 6.26 Å². The highest BCUT2D eigenvalue weighted by Gasteiger charge is 2.40. The van der Waals surface area contributed by atoms with Crippen molar-refractivity contribution in [3.8, 4) is 0 Å². The van der Waals surface area contributed by atoms with Gasteiger partial charge in [0.25, 0.3) is 0 Å². The van der Waals surface area contributed by atoms with Gasteiger partial charge in [-0.15, -0.1) is 0 Å². The van der Waals surface area contributed by atoms with Crippen LogP contribution < -0.4 is 11.1 Å². The van der Waals surface area contributed by atoms with Crippen LogP contribution >= 0.6 is 0 Å². The summed E-state index contributed by atoms with van der Waals surface area (Å²) in [5, 5.41) is 2.66. The van der Waals surface area contributed by atoms with Crippen LogP contribution in [0.1, 0.15) is 27.7 Å². The summed E-state index contributed by atoms with van der Waals surface area (Å²) in [4.78, 5) is 16.0. The monoisotopic (exact) mass is 299 g/mol. The number of anilines is 1. The van der Waals surface area contributed by atoms with Gasteiger partial charge in [0.05, 0.1) is 17.3 Å². The number of rotatable bonds is 4. The maximum atomic E-state index is 12.2. The third kappa shape index (κ3) is 3.55. The predicted molar refractivity (Wildman–Crippen MR) is 78.0 cm³/mol. The summed E-state index contributed by atoms with van der Waals surface area (Å²) >= 11 is 0. The molecule has 1 amide bonds. The molecule has 112 valence electrons. The van der Waals surface area contributed by atoms with E-state index in [2.05, 4.69) is 10.3 Å². The lowest BCUT2D eigenvalue weighted by Gasteiger charge is -2.36. The average Bonchev–Trinajstić information content (AvgIpc) is 2.26. The van der Waals surface area contributed by atoms with Crippen LogP contribution in [0, 0.1) is 5.41 Å². The van der Waals surface area contributed by atoms with Crippen molar-refractivity contribution in [3.63, 3.8) is 0 Å². The molecule has 0 atom stereocenters. The summed E-state index contributed by atoms with van der Waals surface area (Å²) in [5.74, 6) is -0.251. The molecule has 1 heterocycles. The number of amides is 1. The van der Waals surface area contributed by atoms with Crippen molar-refractivity contribution < 1.29 is 13.2 Å². The molecule has 0 aromatic carbocycles. The number of aromatic nitrogens is 1. The molecule has 7 heteroatoms. The number of hydrogen-bond acceptors (Lipinski definition) is 5. The first-order chi connectivity index (χ1) is 8.85. The molecule has 0 spiro atoms. The van der Waals surface area contributed by atoms with E-state index in [4.69, 9.17) is 5.73 Å². The standard InChI is InChI=1S/C13H21N3O3S/c1-12(2,13(3,4)14)11(17)16-9-6-7-10(15-8-9)20(5,18)19/h6-8H,14H2,1-5H3,(H,16,17). The Hall–Kier alpha value is -1.47. The highest BCUT2D eigenvalue weighted by atomic mass is 32.2. The van der Waals surface area contributed by atoms with Gasteiger partial charge < -0.3 is 11.1 Å². The van der Waals surface area contributed by atoms with Crippen LogP contribution in [-0.4, -0.2) is 31.1 Å². The smallest absolute Gasteiger partial charge is 0.231 e. The van der Waals surface area contributed by atoms with E-state index >= 15 is 0 Å². The van der Waals surface area contributed by atoms with E-state index in [9.17, 15) is 13.2 Å². The lowest BCUT2D eigenvalue weighted by Crippen LogP contribution is -2.53. The number of sulfone groups is 1. The van der Waals surface area contributed by atoms with Crippen LogP contribution in [0.2, 0.25) is 0 Å². The maximum Gasteiger partial charge on any atom is 0.231 e. The Morgan fingerprint density at radius 3 is 2.15 bits per heavy atom. The molecular weight excluding hydrogens is 278 g/mol. The molecular formula is C13H21N3O3S. The van der Waals surface area contributed by atoms with Crippen molar-refractivity contribution in [3.05, 3.63) is 18.3 Å². The second-order valence-corrected chi connectivity index (χ2v) is 7.92. The first-order valence-electron chi connectivity index (χ1n) is 6.12. The van der Waals surface area contributed by atoms with E-state index in [1.165, 1.54) is 18.3 Å². The summed E-state index contributed by atoms with van der Waals surface area (Å²) in [7, 11) is -3.34. The van der Waals surface area contributed by atoms with Crippen LogP contribution in [0.5, 0.6) is 0 Å². The SMILES string of the molecule is CC(C)(N)C(C)(C)C(=O)Nc1ccc(S(C)(=O)=O)nc1. The Labute approximate surface area is 119 Å². The largest absolute Gasteiger partial charge is 0.325 e. The van der Waals surface area contributed by atoms with Crippen molar-refractivity contribution in [2.24, 2.45) is 11.1 Å². The summed E-state index contributed by atoms with van der Waals surface area (Å²) in [6, 6.07) is 2.85. The van der Waals surface area contributed by atoms with E-state index in [-0.39, 0.29) is 10.9 Å². The summed E-state index contributed by atoms with van der Waals surface area (Å²) in [5.41, 5.74) is 4.94. The molecule has 0 fully saturated rings. The van der Waals surface area contributed by atoms with E-state index in [1.54, 1.807) is 27.7 Å². The molecule has 3 N–H and O–H groups in total. The third-order valence-electron chi connectivity index (χ3n) is 3.55. The van der Waals surface area contributed by atoms with Crippen molar-refractivity contribution in [2.45, 2.75) is 38.3 Å². The summed E-state index contributed by atoms with van der Waals surface area (Å²) in [6.45, 7) is 7.05. The Bertz CT molecular complexity index is 599. The Balaban J connectivity index is 2.93. The molecule has 0 bridgehead atoms. The number of carbonyl (C=O) groups excluding carboxylic acids is 1. The van der Waals surface area contributed by atoms with Gasteiger partial charge in [-0.3, -0.25) is 4.79 Å². The second kappa shape index (κ2) is 5.14. The van der Waals surface area contributed by atoms with E-state index in [0.29, 0.717) is 5.69 Å². The third-order valence-corrected chi connectivity index (χ3v) is 4.55. The average molecular weight is 299 g/mol. The molecule has 0 unspecified atom stereocenters. The predicted octanol–water partition coefficient (Wildman–Crippen LogP) is 1.19. The van der Waals surface area contributed by atoms with Gasteiger partial charge in [-0.25, -0.2) is 13.4 Å². The van der Waals surface area contributed by atoms with Crippen LogP contribution in [-0.2, 0) is 14.6 Å². The van der Waals surface area contributed by atoms with Crippen LogP contribution in [0.15, 0.2) is 23.4 Å². The number of nitrogens with one attached hydrogen (secondary N) is 1. The van der Waals surface area contributed by atoms with Gasteiger partial charge in [-0.1, -0.05) is 0 Å². The second-order valence-electron chi connectivity index (χ2n) is 5.96. The fourth-order valence-electron chi connectivity index (χ4n) is 1.25. The Morgan fingerprint density at radius 2 is 1.80 bits per heavy atom. The topological polar surface area (TPSA) is 102 Å². The van der Waals surface area contributed by atoms with Gasteiger partial charge in [0.15, 0.2) is 14.9 Å². The minimum Gasteiger partial charge on any atom is -0.325 e. The van der Waals surface area contributed by atoms with Gasteiger partial charge in [-0.05, 0) is 39.8 Å². The van der Waals surface area contributed by atoms with Crippen molar-refractivity contribution >= 4 is 21.4 Å². The zero-order chi connectivity index (χ0) is 15.8. The van der Waals surface area contributed by atoms with Crippen molar-refractivity contribution in [1.29, 1.82) is 0 Å². The highest BCUT2D eigenvalue weighted by molar-refractivity contribution is 7.90. The van der Waals surface area contributed by atoms with Crippen LogP contribution in [0.3, 0.4) is 0 Å². The van der Waals surface area contributed by atoms with E-state index in [1.807, 2.05) is 0 Å². The number of nitrogens with two attached hydrogens (primary N) is 1. The Morgan fingerprint density at radius 1 is 1.25 bits per heavy atom. The van der Waals surface area contributed by atoms with Gasteiger partial charge >= 0.3 is 0 Å². The van der Waals surface area contributed by atoms with Gasteiger partial charge in [0.1, 0.15) is 0 Å². The number of pyridine rings is 1. The molecule has 0 aliphatic carbocycles. The molecule has 6 nitrogen and oxygen atoms in total. The lowest BCUT2D eigenvalue weighted by molar-refractivity contribution is -0.126. The van der Waals surface area contributed by atoms with E-state index < -0.39 is 20.8 Å². The van der Waals surface area contributed by atoms with Gasteiger partial charge in [0.2, 0.25) is 5.91 Å². The van der Waals surface area contributed by atoms with Crippen LogP contribution in [0.25, 0.3) is 0 Å².